The third-order valence-electron chi connectivity index (χ3n) is 6.79. The van der Waals surface area contributed by atoms with Gasteiger partial charge in [0.25, 0.3) is 0 Å². The summed E-state index contributed by atoms with van der Waals surface area (Å²) in [5.41, 5.74) is 5.81. The number of carbonyl (C=O) groups excluding carboxylic acids is 1. The summed E-state index contributed by atoms with van der Waals surface area (Å²) in [5.74, 6) is 1.58. The van der Waals surface area contributed by atoms with Crippen LogP contribution in [-0.2, 0) is 0 Å². The topological polar surface area (TPSA) is 70.8 Å². The zero-order chi connectivity index (χ0) is 23.2. The molecule has 3 aromatic carbocycles. The molecule has 0 unspecified atom stereocenters. The van der Waals surface area contributed by atoms with Crippen LogP contribution in [0.1, 0.15) is 22.8 Å². The molecular formula is C27H26N4O3. The van der Waals surface area contributed by atoms with Crippen LogP contribution < -0.4 is 19.9 Å². The molecule has 7 nitrogen and oxygen atoms in total. The highest BCUT2D eigenvalue weighted by Crippen LogP contribution is 2.46. The maximum atomic E-state index is 13.5. The predicted octanol–water partition coefficient (Wildman–Crippen LogP) is 4.81. The molecule has 1 fully saturated rings. The Morgan fingerprint density at radius 3 is 2.38 bits per heavy atom. The van der Waals surface area contributed by atoms with Crippen molar-refractivity contribution in [2.45, 2.75) is 6.92 Å². The number of ketones is 1. The summed E-state index contributed by atoms with van der Waals surface area (Å²) >= 11 is 0. The number of methoxy groups -OCH3 is 1. The monoisotopic (exact) mass is 454 g/mol. The van der Waals surface area contributed by atoms with Gasteiger partial charge in [0.1, 0.15) is 11.3 Å². The third-order valence-corrected chi connectivity index (χ3v) is 6.79. The summed E-state index contributed by atoms with van der Waals surface area (Å²) in [7, 11) is 1.71. The minimum absolute atomic E-state index is 0.0137. The van der Waals surface area contributed by atoms with E-state index in [9.17, 15) is 4.79 Å². The second-order valence-electron chi connectivity index (χ2n) is 8.60. The Morgan fingerprint density at radius 1 is 0.971 bits per heavy atom. The first-order valence-corrected chi connectivity index (χ1v) is 11.7. The van der Waals surface area contributed by atoms with Crippen molar-refractivity contribution in [3.05, 3.63) is 65.7 Å². The fraction of sp³-hybridized carbons (Fsp3) is 0.259. The highest BCUT2D eigenvalue weighted by Gasteiger charge is 2.34. The maximum Gasteiger partial charge on any atom is 0.196 e. The number of ether oxygens (including phenoxy) is 1. The average Bonchev–Trinajstić information content (AvgIpc) is 3.33. The lowest BCUT2D eigenvalue weighted by Gasteiger charge is -2.38. The van der Waals surface area contributed by atoms with Crippen LogP contribution in [0.15, 0.2) is 59.1 Å². The van der Waals surface area contributed by atoms with Crippen molar-refractivity contribution in [2.75, 3.05) is 55.0 Å². The Hall–Kier alpha value is -4.00. The molecule has 4 aromatic rings. The van der Waals surface area contributed by atoms with E-state index >= 15 is 0 Å². The maximum absolute atomic E-state index is 13.5. The quantitative estimate of drug-likeness (QED) is 0.409. The van der Waals surface area contributed by atoms with Gasteiger partial charge in [-0.05, 0) is 25.1 Å². The molecule has 1 saturated heterocycles. The molecule has 2 heterocycles. The zero-order valence-electron chi connectivity index (χ0n) is 19.3. The standard InChI is InChI=1S/C27H26N4O3/c1-3-28-19-16-21(31-14-12-30(13-15-31)20-10-6-7-11-22(20)33-2)25-24-23(19)26(32)17-8-4-5-9-18(17)27(24)34-29-25/h4-11,16,28H,3,12-15H2,1-2H3. The number of hydrogen-bond donors (Lipinski definition) is 1. The lowest BCUT2D eigenvalue weighted by molar-refractivity contribution is 0.104. The number of hydrogen-bond acceptors (Lipinski definition) is 7. The van der Waals surface area contributed by atoms with Crippen LogP contribution in [0.5, 0.6) is 5.75 Å². The lowest BCUT2D eigenvalue weighted by atomic mass is 9.86. The Bertz CT molecular complexity index is 1400. The van der Waals surface area contributed by atoms with Gasteiger partial charge in [0.2, 0.25) is 0 Å². The van der Waals surface area contributed by atoms with E-state index in [0.717, 1.165) is 72.0 Å². The Morgan fingerprint density at radius 2 is 1.65 bits per heavy atom. The Labute approximate surface area is 197 Å². The first-order chi connectivity index (χ1) is 16.7. The summed E-state index contributed by atoms with van der Waals surface area (Å²) < 4.78 is 11.4. The van der Waals surface area contributed by atoms with Crippen LogP contribution in [0.3, 0.4) is 0 Å². The summed E-state index contributed by atoms with van der Waals surface area (Å²) in [4.78, 5) is 18.2. The summed E-state index contributed by atoms with van der Waals surface area (Å²) in [6.07, 6.45) is 0. The second kappa shape index (κ2) is 8.09. The predicted molar refractivity (Wildman–Crippen MR) is 134 cm³/mol. The fourth-order valence-corrected chi connectivity index (χ4v) is 5.19. The molecule has 7 heteroatoms. The van der Waals surface area contributed by atoms with Crippen molar-refractivity contribution in [3.8, 4) is 17.1 Å². The van der Waals surface area contributed by atoms with Crippen molar-refractivity contribution >= 4 is 33.7 Å². The number of para-hydroxylation sites is 2. The smallest absolute Gasteiger partial charge is 0.196 e. The number of nitrogens with one attached hydrogen (secondary N) is 1. The molecular weight excluding hydrogens is 428 g/mol. The summed E-state index contributed by atoms with van der Waals surface area (Å²) in [6.45, 7) is 6.11. The van der Waals surface area contributed by atoms with Crippen LogP contribution in [0, 0.1) is 0 Å². The van der Waals surface area contributed by atoms with Crippen LogP contribution in [0.4, 0.5) is 17.1 Å². The van der Waals surface area contributed by atoms with Gasteiger partial charge in [0, 0.05) is 49.5 Å². The summed E-state index contributed by atoms with van der Waals surface area (Å²) in [6, 6.07) is 17.8. The first-order valence-electron chi connectivity index (χ1n) is 11.7. The lowest BCUT2D eigenvalue weighted by Crippen LogP contribution is -2.46. The Kier molecular flexibility index (Phi) is 4.90. The van der Waals surface area contributed by atoms with Crippen LogP contribution in [-0.4, -0.2) is 50.8 Å². The molecule has 0 amide bonds. The number of anilines is 3. The zero-order valence-corrected chi connectivity index (χ0v) is 19.3. The van der Waals surface area contributed by atoms with Gasteiger partial charge < -0.3 is 24.4 Å². The second-order valence-corrected chi connectivity index (χ2v) is 8.60. The molecule has 1 aromatic heterocycles. The van der Waals surface area contributed by atoms with Crippen molar-refractivity contribution < 1.29 is 14.1 Å². The van der Waals surface area contributed by atoms with E-state index < -0.39 is 0 Å². The van der Waals surface area contributed by atoms with E-state index in [1.165, 1.54) is 0 Å². The molecule has 0 spiro atoms. The SMILES string of the molecule is CCNc1cc(N2CCN(c3ccccc3OC)CC2)c2noc3c2c1C(=O)c1ccccc1-3. The highest BCUT2D eigenvalue weighted by molar-refractivity contribution is 6.28. The van der Waals surface area contributed by atoms with Crippen molar-refractivity contribution in [2.24, 2.45) is 0 Å². The molecule has 172 valence electrons. The molecule has 34 heavy (non-hydrogen) atoms. The van der Waals surface area contributed by atoms with E-state index in [1.807, 2.05) is 49.4 Å². The van der Waals surface area contributed by atoms with Gasteiger partial charge in [-0.3, -0.25) is 4.79 Å². The van der Waals surface area contributed by atoms with Crippen molar-refractivity contribution in [1.29, 1.82) is 0 Å². The van der Waals surface area contributed by atoms with E-state index in [0.29, 0.717) is 16.9 Å². The van der Waals surface area contributed by atoms with Gasteiger partial charge in [-0.1, -0.05) is 41.6 Å². The number of rotatable bonds is 5. The molecule has 1 N–H and O–H groups in total. The third kappa shape index (κ3) is 3.04. The number of aromatic nitrogens is 1. The van der Waals surface area contributed by atoms with Crippen LogP contribution >= 0.6 is 0 Å². The minimum atomic E-state index is 0.0137. The van der Waals surface area contributed by atoms with Gasteiger partial charge in [-0.2, -0.15) is 0 Å². The molecule has 1 aliphatic heterocycles. The van der Waals surface area contributed by atoms with E-state index in [2.05, 4.69) is 32.4 Å². The van der Waals surface area contributed by atoms with Crippen LogP contribution in [0.25, 0.3) is 22.2 Å². The molecule has 2 aliphatic rings. The van der Waals surface area contributed by atoms with Crippen LogP contribution in [0.2, 0.25) is 0 Å². The van der Waals surface area contributed by atoms with Gasteiger partial charge >= 0.3 is 0 Å². The largest absolute Gasteiger partial charge is 0.495 e. The molecule has 0 bridgehead atoms. The number of carbonyl (C=O) groups is 1. The number of benzene rings is 3. The highest BCUT2D eigenvalue weighted by atomic mass is 16.5. The van der Waals surface area contributed by atoms with Gasteiger partial charge in [-0.15, -0.1) is 0 Å². The molecule has 0 saturated carbocycles. The first kappa shape index (κ1) is 20.6. The minimum Gasteiger partial charge on any atom is -0.495 e. The molecule has 0 atom stereocenters. The molecule has 6 rings (SSSR count). The number of fused-ring (bicyclic) bond motifs is 2. The Balaban J connectivity index is 1.41. The van der Waals surface area contributed by atoms with Gasteiger partial charge in [0.05, 0.1) is 29.4 Å². The molecule has 1 aliphatic carbocycles. The number of nitrogens with zero attached hydrogens (tertiary/aromatic N) is 3. The van der Waals surface area contributed by atoms with E-state index in [4.69, 9.17) is 9.26 Å². The summed E-state index contributed by atoms with van der Waals surface area (Å²) in [5, 5.41) is 8.70. The normalized spacial score (nSPS) is 14.9. The van der Waals surface area contributed by atoms with E-state index in [-0.39, 0.29) is 5.78 Å². The van der Waals surface area contributed by atoms with E-state index in [1.54, 1.807) is 7.11 Å². The van der Waals surface area contributed by atoms with Crippen molar-refractivity contribution in [1.82, 2.24) is 5.16 Å². The van der Waals surface area contributed by atoms with Crippen molar-refractivity contribution in [3.63, 3.8) is 0 Å². The average molecular weight is 455 g/mol. The molecule has 0 radical (unpaired) electrons. The number of piperazine rings is 1. The van der Waals surface area contributed by atoms with Gasteiger partial charge in [-0.25, -0.2) is 0 Å². The van der Waals surface area contributed by atoms with Gasteiger partial charge in [0.15, 0.2) is 11.5 Å². The fourth-order valence-electron chi connectivity index (χ4n) is 5.19.